The Morgan fingerprint density at radius 3 is 2.63 bits per heavy atom. The summed E-state index contributed by atoms with van der Waals surface area (Å²) in [6.07, 6.45) is 5.31. The van der Waals surface area contributed by atoms with Crippen molar-refractivity contribution in [2.75, 3.05) is 19.6 Å². The molecule has 2 amide bonds. The van der Waals surface area contributed by atoms with Crippen LogP contribution in [0.1, 0.15) is 77.9 Å². The lowest BCUT2D eigenvalue weighted by molar-refractivity contribution is -0.137. The topological polar surface area (TPSA) is 61.4 Å². The van der Waals surface area contributed by atoms with Gasteiger partial charge in [0.25, 0.3) is 0 Å². The Kier molecular flexibility index (Phi) is 5.64. The van der Waals surface area contributed by atoms with Crippen molar-refractivity contribution in [1.29, 1.82) is 0 Å². The molecule has 1 aliphatic carbocycles. The number of rotatable bonds is 4. The maximum Gasteiger partial charge on any atom is 0.243 e. The summed E-state index contributed by atoms with van der Waals surface area (Å²) in [4.78, 5) is 26.2. The van der Waals surface area contributed by atoms with Crippen LogP contribution in [0.15, 0.2) is 18.2 Å². The van der Waals surface area contributed by atoms with E-state index in [9.17, 15) is 14.0 Å². The molecule has 2 fully saturated rings. The average molecular weight is 418 g/mol. The van der Waals surface area contributed by atoms with Crippen LogP contribution in [-0.4, -0.2) is 42.4 Å². The summed E-state index contributed by atoms with van der Waals surface area (Å²) in [5.74, 6) is -0.428. The number of benzene rings is 1. The first-order chi connectivity index (χ1) is 14.2. The van der Waals surface area contributed by atoms with Crippen LogP contribution in [0.2, 0.25) is 0 Å². The number of piperidine rings is 1. The third-order valence-electron chi connectivity index (χ3n) is 7.22. The molecule has 3 aliphatic rings. The van der Waals surface area contributed by atoms with Crippen LogP contribution in [0, 0.1) is 11.2 Å². The summed E-state index contributed by atoms with van der Waals surface area (Å²) >= 11 is 0. The third-order valence-corrected chi connectivity index (χ3v) is 7.22. The quantitative estimate of drug-likeness (QED) is 0.735. The van der Waals surface area contributed by atoms with Crippen molar-refractivity contribution in [1.82, 2.24) is 15.5 Å². The van der Waals surface area contributed by atoms with Gasteiger partial charge >= 0.3 is 0 Å². The average Bonchev–Trinajstić information content (AvgIpc) is 2.67. The third kappa shape index (κ3) is 4.39. The van der Waals surface area contributed by atoms with Crippen molar-refractivity contribution in [2.24, 2.45) is 5.41 Å². The second-order valence-corrected chi connectivity index (χ2v) is 10.6. The Hall–Kier alpha value is -1.95. The van der Waals surface area contributed by atoms with E-state index in [1.807, 2.05) is 6.07 Å². The summed E-state index contributed by atoms with van der Waals surface area (Å²) in [5.41, 5.74) is 2.46. The molecule has 30 heavy (non-hydrogen) atoms. The van der Waals surface area contributed by atoms with Gasteiger partial charge in [-0.15, -0.1) is 0 Å². The first-order valence-corrected chi connectivity index (χ1v) is 11.3. The lowest BCUT2D eigenvalue weighted by Crippen LogP contribution is -2.57. The van der Waals surface area contributed by atoms with Gasteiger partial charge in [0, 0.05) is 1.43 Å². The molecule has 1 spiro atoms. The predicted molar refractivity (Wildman–Crippen MR) is 117 cm³/mol. The van der Waals surface area contributed by atoms with Gasteiger partial charge in [0.05, 0.1) is 12.5 Å². The monoisotopic (exact) mass is 417 g/mol. The number of hydrogen-bond donors (Lipinski definition) is 2. The first kappa shape index (κ1) is 21.3. The van der Waals surface area contributed by atoms with Crippen molar-refractivity contribution >= 4 is 11.8 Å². The Bertz CT molecular complexity index is 823. The fraction of sp³-hybridized carbons (Fsp3) is 0.667. The van der Waals surface area contributed by atoms with Gasteiger partial charge in [0.2, 0.25) is 11.8 Å². The van der Waals surface area contributed by atoms with Gasteiger partial charge in [0.15, 0.2) is 0 Å². The molecule has 166 valence electrons. The molecule has 2 aliphatic heterocycles. The minimum Gasteiger partial charge on any atom is -0.347 e. The SMILES string of the molecule is CC(C)(C)CCN1CCC2(CC[C@H](NC(=O)C3CC(=O)N3)c3ccc(F)cc32)CC1.[HH]. The zero-order valence-corrected chi connectivity index (χ0v) is 18.4. The molecule has 0 saturated carbocycles. The number of carbonyl (C=O) groups is 2. The number of hydrogen-bond acceptors (Lipinski definition) is 3. The highest BCUT2D eigenvalue weighted by atomic mass is 19.1. The molecule has 0 bridgehead atoms. The van der Waals surface area contributed by atoms with Crippen LogP contribution in [0.4, 0.5) is 4.39 Å². The number of amides is 2. The first-order valence-electron chi connectivity index (χ1n) is 11.3. The van der Waals surface area contributed by atoms with Crippen LogP contribution in [0.25, 0.3) is 0 Å². The lowest BCUT2D eigenvalue weighted by atomic mass is 9.63. The van der Waals surface area contributed by atoms with Gasteiger partial charge in [0.1, 0.15) is 11.9 Å². The summed E-state index contributed by atoms with van der Waals surface area (Å²) < 4.78 is 14.2. The molecule has 1 aromatic rings. The molecule has 1 unspecified atom stereocenters. The van der Waals surface area contributed by atoms with E-state index in [1.54, 1.807) is 6.07 Å². The molecule has 6 heteroatoms. The van der Waals surface area contributed by atoms with Gasteiger partial charge in [-0.1, -0.05) is 26.8 Å². The van der Waals surface area contributed by atoms with Gasteiger partial charge in [-0.05, 0) is 85.8 Å². The molecule has 2 saturated heterocycles. The normalized spacial score (nSPS) is 25.9. The molecule has 4 rings (SSSR count). The molecule has 2 N–H and O–H groups in total. The fourth-order valence-corrected chi connectivity index (χ4v) is 5.16. The van der Waals surface area contributed by atoms with Crippen molar-refractivity contribution in [3.05, 3.63) is 35.1 Å². The molecule has 2 heterocycles. The van der Waals surface area contributed by atoms with Gasteiger partial charge in [-0.2, -0.15) is 0 Å². The van der Waals surface area contributed by atoms with Gasteiger partial charge < -0.3 is 15.5 Å². The lowest BCUT2D eigenvalue weighted by Gasteiger charge is -2.47. The summed E-state index contributed by atoms with van der Waals surface area (Å²) in [6, 6.07) is 4.50. The number of carbonyl (C=O) groups excluding carboxylic acids is 2. The number of likely N-dealkylation sites (tertiary alicyclic amines) is 1. The van der Waals surface area contributed by atoms with Crippen LogP contribution < -0.4 is 10.6 Å². The highest BCUT2D eigenvalue weighted by molar-refractivity contribution is 5.97. The van der Waals surface area contributed by atoms with Gasteiger partial charge in [-0.25, -0.2) is 4.39 Å². The maximum absolute atomic E-state index is 14.2. The Labute approximate surface area is 180 Å². The number of fused-ring (bicyclic) bond motifs is 2. The fourth-order valence-electron chi connectivity index (χ4n) is 5.16. The minimum atomic E-state index is -0.427. The molecule has 0 radical (unpaired) electrons. The van der Waals surface area contributed by atoms with E-state index >= 15 is 0 Å². The zero-order chi connectivity index (χ0) is 21.5. The maximum atomic E-state index is 14.2. The van der Waals surface area contributed by atoms with E-state index < -0.39 is 6.04 Å². The molecular formula is C24H36FN3O2. The number of halogens is 1. The zero-order valence-electron chi connectivity index (χ0n) is 18.4. The van der Waals surface area contributed by atoms with E-state index in [2.05, 4.69) is 36.3 Å². The van der Waals surface area contributed by atoms with Crippen molar-refractivity contribution in [2.45, 2.75) is 76.8 Å². The van der Waals surface area contributed by atoms with Crippen molar-refractivity contribution in [3.63, 3.8) is 0 Å². The highest BCUT2D eigenvalue weighted by Gasteiger charge is 2.43. The van der Waals surface area contributed by atoms with E-state index in [0.717, 1.165) is 56.4 Å². The molecule has 1 aromatic carbocycles. The molecule has 0 aromatic heterocycles. The predicted octanol–water partition coefficient (Wildman–Crippen LogP) is 3.68. The van der Waals surface area contributed by atoms with Crippen LogP contribution >= 0.6 is 0 Å². The molecule has 5 nitrogen and oxygen atoms in total. The molecule has 2 atom stereocenters. The summed E-state index contributed by atoms with van der Waals surface area (Å²) in [7, 11) is 0. The number of nitrogens with one attached hydrogen (secondary N) is 2. The van der Waals surface area contributed by atoms with E-state index in [0.29, 0.717) is 5.41 Å². The summed E-state index contributed by atoms with van der Waals surface area (Å²) in [5, 5.41) is 5.73. The van der Waals surface area contributed by atoms with Crippen LogP contribution in [0.3, 0.4) is 0 Å². The Morgan fingerprint density at radius 1 is 1.30 bits per heavy atom. The van der Waals surface area contributed by atoms with Crippen molar-refractivity contribution < 1.29 is 15.4 Å². The van der Waals surface area contributed by atoms with E-state index in [-0.39, 0.29) is 36.9 Å². The second kappa shape index (κ2) is 7.95. The largest absolute Gasteiger partial charge is 0.347 e. The van der Waals surface area contributed by atoms with Crippen LogP contribution in [0.5, 0.6) is 0 Å². The Morgan fingerprint density at radius 2 is 2.00 bits per heavy atom. The molecular weight excluding hydrogens is 381 g/mol. The van der Waals surface area contributed by atoms with Crippen LogP contribution in [-0.2, 0) is 15.0 Å². The van der Waals surface area contributed by atoms with Gasteiger partial charge in [-0.3, -0.25) is 9.59 Å². The number of nitrogens with zero attached hydrogens (tertiary/aromatic N) is 1. The smallest absolute Gasteiger partial charge is 0.243 e. The summed E-state index contributed by atoms with van der Waals surface area (Å²) in [6.45, 7) is 10.0. The van der Waals surface area contributed by atoms with E-state index in [4.69, 9.17) is 0 Å². The van der Waals surface area contributed by atoms with E-state index in [1.165, 1.54) is 12.5 Å². The standard InChI is InChI=1S/C24H34FN3O2.H2/c1-23(2,3)8-11-28-12-9-24(10-13-28)7-6-19(17-5-4-16(25)14-18(17)24)27-22(30)20-15-21(29)26-20;/h4-5,14,19-20H,6-13,15H2,1-3H3,(H,26,29)(H,27,30);1H/t19-,20?;/m0./s1. The number of β-lactam (4-membered cyclic amide) rings is 1. The minimum absolute atomic E-state index is 0. The highest BCUT2D eigenvalue weighted by Crippen LogP contribution is 2.48. The van der Waals surface area contributed by atoms with Crippen molar-refractivity contribution in [3.8, 4) is 0 Å². The second-order valence-electron chi connectivity index (χ2n) is 10.6. The Balaban J connectivity index is 0.00000272.